The van der Waals surface area contributed by atoms with E-state index in [2.05, 4.69) is 106 Å². The highest BCUT2D eigenvalue weighted by Gasteiger charge is 2.29. The Morgan fingerprint density at radius 1 is 0.979 bits per heavy atom. The maximum atomic E-state index is 13.8. The third-order valence-electron chi connectivity index (χ3n) is 9.56. The number of para-hydroxylation sites is 1. The summed E-state index contributed by atoms with van der Waals surface area (Å²) in [7, 11) is 2.06. The summed E-state index contributed by atoms with van der Waals surface area (Å²) in [6, 6.07) is 29.9. The van der Waals surface area contributed by atoms with Crippen LogP contribution in [-0.4, -0.2) is 33.5 Å². The summed E-state index contributed by atoms with van der Waals surface area (Å²) in [6.45, 7) is 5.60. The predicted molar refractivity (Wildman–Crippen MR) is 197 cm³/mol. The number of rotatable bonds is 8. The summed E-state index contributed by atoms with van der Waals surface area (Å²) in [5.74, 6) is 0.974. The number of esters is 1. The van der Waals surface area contributed by atoms with Crippen molar-refractivity contribution in [2.45, 2.75) is 58.4 Å². The number of benzene rings is 4. The van der Waals surface area contributed by atoms with E-state index in [1.54, 1.807) is 0 Å². The van der Waals surface area contributed by atoms with Crippen molar-refractivity contribution in [3.05, 3.63) is 117 Å². The van der Waals surface area contributed by atoms with Crippen molar-refractivity contribution in [3.8, 4) is 16.9 Å². The molecular formula is C40H40IN3O3. The molecule has 3 heterocycles. The molecule has 0 amide bonds. The minimum absolute atomic E-state index is 0.256. The molecule has 0 spiro atoms. The molecule has 1 unspecified atom stereocenters. The van der Waals surface area contributed by atoms with E-state index < -0.39 is 0 Å². The van der Waals surface area contributed by atoms with Gasteiger partial charge in [0.25, 0.3) is 0 Å². The second-order valence-electron chi connectivity index (χ2n) is 12.5. The zero-order chi connectivity index (χ0) is 32.5. The molecule has 7 rings (SSSR count). The van der Waals surface area contributed by atoms with Crippen LogP contribution in [0.15, 0.2) is 84.9 Å². The number of nitrogens with zero attached hydrogens (tertiary/aromatic N) is 3. The van der Waals surface area contributed by atoms with Crippen LogP contribution in [0.5, 0.6) is 5.75 Å². The Kier molecular flexibility index (Phi) is 9.08. The molecule has 0 saturated heterocycles. The first kappa shape index (κ1) is 31.5. The van der Waals surface area contributed by atoms with Crippen molar-refractivity contribution in [1.82, 2.24) is 14.3 Å². The van der Waals surface area contributed by atoms with E-state index in [-0.39, 0.29) is 5.97 Å². The van der Waals surface area contributed by atoms with Crippen LogP contribution in [0.2, 0.25) is 0 Å². The SMILES string of the molecule is CCOC(=O)c1c(CCCOc2cccc3ccccc23)c2cccc3c2n1CCCC(c1ccc(I)cc1)Cc1c-3c(C)nn1C. The maximum Gasteiger partial charge on any atom is 0.355 e. The van der Waals surface area contributed by atoms with Crippen LogP contribution in [-0.2, 0) is 31.2 Å². The van der Waals surface area contributed by atoms with Crippen LogP contribution in [0.3, 0.4) is 0 Å². The Morgan fingerprint density at radius 3 is 2.57 bits per heavy atom. The summed E-state index contributed by atoms with van der Waals surface area (Å²) < 4.78 is 17.6. The number of hydrogen-bond donors (Lipinski definition) is 0. The Labute approximate surface area is 289 Å². The first-order chi connectivity index (χ1) is 22.9. The van der Waals surface area contributed by atoms with Gasteiger partial charge < -0.3 is 14.0 Å². The van der Waals surface area contributed by atoms with E-state index in [0.717, 1.165) is 76.5 Å². The van der Waals surface area contributed by atoms with Gasteiger partial charge in [0.1, 0.15) is 11.4 Å². The lowest BCUT2D eigenvalue weighted by molar-refractivity contribution is 0.0512. The minimum Gasteiger partial charge on any atom is -0.493 e. The largest absolute Gasteiger partial charge is 0.493 e. The Morgan fingerprint density at radius 2 is 1.74 bits per heavy atom. The zero-order valence-electron chi connectivity index (χ0n) is 27.3. The van der Waals surface area contributed by atoms with Gasteiger partial charge in [-0.25, -0.2) is 4.79 Å². The molecule has 1 aliphatic rings. The standard InChI is InChI=1S/C40H40IN3O3/c1-4-46-40(45)39-33(17-10-24-47-36-18-7-12-28-11-5-6-14-31(28)36)32-15-8-16-34-37-26(2)42-43(3)35(37)25-29(13-9-23-44(39)38(32)34)27-19-21-30(41)22-20-27/h5-8,11-12,14-16,18-22,29H,4,9-10,13,17,23-25H2,1-3H3. The molecule has 0 bridgehead atoms. The van der Waals surface area contributed by atoms with Gasteiger partial charge in [0, 0.05) is 44.8 Å². The van der Waals surface area contributed by atoms with Gasteiger partial charge in [-0.15, -0.1) is 0 Å². The first-order valence-electron chi connectivity index (χ1n) is 16.6. The number of fused-ring (bicyclic) bond motifs is 3. The molecule has 0 aliphatic carbocycles. The topological polar surface area (TPSA) is 58.3 Å². The van der Waals surface area contributed by atoms with Gasteiger partial charge in [-0.2, -0.15) is 5.10 Å². The third-order valence-corrected chi connectivity index (χ3v) is 10.3. The van der Waals surface area contributed by atoms with Crippen LogP contribution in [0.4, 0.5) is 0 Å². The number of aryl methyl sites for hydroxylation is 4. The number of carbonyl (C=O) groups excluding carboxylic acids is 1. The Hall–Kier alpha value is -4.11. The monoisotopic (exact) mass is 737 g/mol. The van der Waals surface area contributed by atoms with Gasteiger partial charge in [0.2, 0.25) is 0 Å². The fraction of sp³-hybridized carbons (Fsp3) is 0.300. The summed E-state index contributed by atoms with van der Waals surface area (Å²) in [6.07, 6.45) is 4.33. The van der Waals surface area contributed by atoms with Crippen molar-refractivity contribution >= 4 is 50.2 Å². The fourth-order valence-electron chi connectivity index (χ4n) is 7.49. The molecule has 6 nitrogen and oxygen atoms in total. The number of hydrogen-bond acceptors (Lipinski definition) is 4. The average molecular weight is 738 g/mol. The molecule has 6 aromatic rings. The summed E-state index contributed by atoms with van der Waals surface area (Å²) in [5.41, 5.74) is 8.71. The molecule has 0 radical (unpaired) electrons. The molecule has 0 fully saturated rings. The average Bonchev–Trinajstić information content (AvgIpc) is 3.55. The number of carbonyl (C=O) groups is 1. The summed E-state index contributed by atoms with van der Waals surface area (Å²) >= 11 is 2.37. The van der Waals surface area contributed by atoms with Crippen molar-refractivity contribution in [1.29, 1.82) is 0 Å². The molecule has 7 heteroatoms. The lowest BCUT2D eigenvalue weighted by atomic mass is 9.87. The Balaban J connectivity index is 1.30. The lowest BCUT2D eigenvalue weighted by Crippen LogP contribution is -2.16. The van der Waals surface area contributed by atoms with Crippen LogP contribution < -0.4 is 4.74 Å². The van der Waals surface area contributed by atoms with E-state index in [1.807, 2.05) is 31.2 Å². The van der Waals surface area contributed by atoms with Gasteiger partial charge in [-0.05, 0) is 109 Å². The number of halogens is 1. The van der Waals surface area contributed by atoms with Crippen LogP contribution in [0.25, 0.3) is 32.8 Å². The van der Waals surface area contributed by atoms with Gasteiger partial charge in [-0.3, -0.25) is 4.68 Å². The van der Waals surface area contributed by atoms with Gasteiger partial charge >= 0.3 is 5.97 Å². The van der Waals surface area contributed by atoms with Crippen LogP contribution in [0, 0.1) is 10.5 Å². The van der Waals surface area contributed by atoms with Crippen molar-refractivity contribution < 1.29 is 14.3 Å². The predicted octanol–water partition coefficient (Wildman–Crippen LogP) is 9.42. The second kappa shape index (κ2) is 13.6. The molecule has 1 aliphatic heterocycles. The highest BCUT2D eigenvalue weighted by Crippen LogP contribution is 2.41. The summed E-state index contributed by atoms with van der Waals surface area (Å²) in [5, 5.41) is 8.33. The Bertz CT molecular complexity index is 2070. The van der Waals surface area contributed by atoms with E-state index in [4.69, 9.17) is 14.6 Å². The van der Waals surface area contributed by atoms with Crippen molar-refractivity contribution in [2.24, 2.45) is 7.05 Å². The smallest absolute Gasteiger partial charge is 0.355 e. The van der Waals surface area contributed by atoms with E-state index >= 15 is 0 Å². The van der Waals surface area contributed by atoms with Gasteiger partial charge in [-0.1, -0.05) is 66.7 Å². The van der Waals surface area contributed by atoms with Crippen molar-refractivity contribution in [2.75, 3.05) is 13.2 Å². The van der Waals surface area contributed by atoms with E-state index in [9.17, 15) is 4.79 Å². The molecule has 47 heavy (non-hydrogen) atoms. The molecule has 2 aromatic heterocycles. The van der Waals surface area contributed by atoms with Crippen molar-refractivity contribution in [3.63, 3.8) is 0 Å². The zero-order valence-corrected chi connectivity index (χ0v) is 29.4. The van der Waals surface area contributed by atoms with Crippen LogP contribution >= 0.6 is 22.6 Å². The fourth-order valence-corrected chi connectivity index (χ4v) is 7.84. The maximum absolute atomic E-state index is 13.8. The van der Waals surface area contributed by atoms with E-state index in [1.165, 1.54) is 20.4 Å². The lowest BCUT2D eigenvalue weighted by Gasteiger charge is -2.22. The molecule has 1 atom stereocenters. The molecule has 0 N–H and O–H groups in total. The van der Waals surface area contributed by atoms with Gasteiger partial charge in [0.15, 0.2) is 0 Å². The first-order valence-corrected chi connectivity index (χ1v) is 17.7. The number of ether oxygens (including phenoxy) is 2. The van der Waals surface area contributed by atoms with Gasteiger partial charge in [0.05, 0.1) is 24.4 Å². The van der Waals surface area contributed by atoms with E-state index in [0.29, 0.717) is 31.2 Å². The molecule has 0 saturated carbocycles. The molecule has 4 aromatic carbocycles. The molecule has 240 valence electrons. The highest BCUT2D eigenvalue weighted by molar-refractivity contribution is 14.1. The minimum atomic E-state index is -0.256. The summed E-state index contributed by atoms with van der Waals surface area (Å²) in [4.78, 5) is 13.8. The third kappa shape index (κ3) is 6.06. The normalized spacial score (nSPS) is 14.7. The second-order valence-corrected chi connectivity index (χ2v) is 13.7. The number of aromatic nitrogens is 3. The molecular weight excluding hydrogens is 697 g/mol. The van der Waals surface area contributed by atoms with Crippen LogP contribution in [0.1, 0.15) is 65.1 Å². The highest BCUT2D eigenvalue weighted by atomic mass is 127. The quantitative estimate of drug-likeness (QED) is 0.0888.